The molecule has 0 spiro atoms. The lowest BCUT2D eigenvalue weighted by molar-refractivity contribution is -0.254. The molecule has 0 aromatic rings. The maximum absolute atomic E-state index is 11.9. The van der Waals surface area contributed by atoms with Crippen molar-refractivity contribution in [3.8, 4) is 0 Å². The Hall–Kier alpha value is -1.93. The zero-order valence-corrected chi connectivity index (χ0v) is 18.0. The molecule has 0 bridgehead atoms. The molecule has 1 saturated heterocycles. The first-order valence-corrected chi connectivity index (χ1v) is 10.1. The summed E-state index contributed by atoms with van der Waals surface area (Å²) in [6.45, 7) is 8.92. The zero-order valence-electron chi connectivity index (χ0n) is 18.0. The molecule has 3 unspecified atom stereocenters. The number of hydrogen-bond donors (Lipinski definition) is 0. The molecule has 29 heavy (non-hydrogen) atoms. The molecule has 0 N–H and O–H groups in total. The van der Waals surface area contributed by atoms with Crippen LogP contribution in [-0.2, 0) is 38.1 Å². The van der Waals surface area contributed by atoms with Gasteiger partial charge in [0.15, 0.2) is 11.9 Å². The van der Waals surface area contributed by atoms with Gasteiger partial charge in [-0.05, 0) is 13.3 Å². The number of methoxy groups -OCH3 is 1. The second-order valence-corrected chi connectivity index (χ2v) is 7.47. The second-order valence-electron chi connectivity index (χ2n) is 7.47. The minimum Gasteiger partial charge on any atom is -0.466 e. The molecular weight excluding hydrogens is 380 g/mol. The molecule has 166 valence electrons. The highest BCUT2D eigenvalue weighted by Crippen LogP contribution is 2.44. The monoisotopic (exact) mass is 414 g/mol. The van der Waals surface area contributed by atoms with E-state index in [1.54, 1.807) is 6.92 Å². The number of carbonyl (C=O) groups excluding carboxylic acids is 3. The van der Waals surface area contributed by atoms with E-state index in [1.807, 2.05) is 0 Å². The van der Waals surface area contributed by atoms with E-state index >= 15 is 0 Å². The van der Waals surface area contributed by atoms with E-state index in [0.29, 0.717) is 6.42 Å². The van der Waals surface area contributed by atoms with E-state index in [-0.39, 0.29) is 25.1 Å². The molecule has 1 aliphatic rings. The lowest BCUT2D eigenvalue weighted by Crippen LogP contribution is -2.47. The van der Waals surface area contributed by atoms with Crippen molar-refractivity contribution in [1.82, 2.24) is 0 Å². The van der Waals surface area contributed by atoms with Crippen molar-refractivity contribution in [2.45, 2.75) is 89.8 Å². The van der Waals surface area contributed by atoms with Gasteiger partial charge in [-0.1, -0.05) is 45.6 Å². The Bertz CT molecular complexity index is 575. The van der Waals surface area contributed by atoms with Crippen LogP contribution in [0.2, 0.25) is 0 Å². The molecule has 1 heterocycles. The van der Waals surface area contributed by atoms with Gasteiger partial charge >= 0.3 is 11.9 Å². The van der Waals surface area contributed by atoms with Crippen LogP contribution in [0, 0.1) is 0 Å². The van der Waals surface area contributed by atoms with Gasteiger partial charge in [0.25, 0.3) is 6.47 Å². The maximum Gasteiger partial charge on any atom is 0.333 e. The van der Waals surface area contributed by atoms with Gasteiger partial charge in [-0.3, -0.25) is 9.59 Å². The lowest BCUT2D eigenvalue weighted by Gasteiger charge is -2.32. The first-order valence-electron chi connectivity index (χ1n) is 10.1. The lowest BCUT2D eigenvalue weighted by atomic mass is 10.0. The number of rotatable bonds is 14. The van der Waals surface area contributed by atoms with Crippen LogP contribution in [0.25, 0.3) is 0 Å². The zero-order chi connectivity index (χ0) is 21.9. The fourth-order valence-electron chi connectivity index (χ4n) is 3.50. The minimum absolute atomic E-state index is 0.0530. The highest BCUT2D eigenvalue weighted by atomic mass is 16.8. The predicted molar refractivity (Wildman–Crippen MR) is 105 cm³/mol. The Labute approximate surface area is 172 Å². The van der Waals surface area contributed by atoms with Crippen molar-refractivity contribution in [1.29, 1.82) is 0 Å². The Morgan fingerprint density at radius 2 is 1.83 bits per heavy atom. The van der Waals surface area contributed by atoms with Gasteiger partial charge < -0.3 is 23.7 Å². The third-order valence-corrected chi connectivity index (χ3v) is 4.82. The van der Waals surface area contributed by atoms with E-state index in [4.69, 9.17) is 18.9 Å². The van der Waals surface area contributed by atoms with Crippen LogP contribution in [0.1, 0.15) is 72.1 Å². The standard InChI is InChI=1S/C21H34O8/c1-6-7-8-9-10-11-12-20(4)28-18(14-26-15-22)21(29-20,27-17(3)23)13-16(2)19(24)25-5/h15,18H,2,6-14H2,1,3-5H3. The van der Waals surface area contributed by atoms with Crippen molar-refractivity contribution in [2.24, 2.45) is 0 Å². The summed E-state index contributed by atoms with van der Waals surface area (Å²) in [7, 11) is 1.23. The van der Waals surface area contributed by atoms with Crippen molar-refractivity contribution in [3.05, 3.63) is 12.2 Å². The topological polar surface area (TPSA) is 97.4 Å². The van der Waals surface area contributed by atoms with Gasteiger partial charge in [-0.2, -0.15) is 0 Å². The molecule has 1 rings (SSSR count). The Morgan fingerprint density at radius 3 is 2.41 bits per heavy atom. The number of ether oxygens (including phenoxy) is 5. The molecule has 0 aromatic heterocycles. The van der Waals surface area contributed by atoms with E-state index in [2.05, 4.69) is 18.2 Å². The van der Waals surface area contributed by atoms with Crippen LogP contribution in [-0.4, -0.2) is 49.8 Å². The van der Waals surface area contributed by atoms with E-state index in [1.165, 1.54) is 33.3 Å². The van der Waals surface area contributed by atoms with E-state index < -0.39 is 29.6 Å². The summed E-state index contributed by atoms with van der Waals surface area (Å²) in [5.74, 6) is -3.98. The summed E-state index contributed by atoms with van der Waals surface area (Å²) in [5, 5.41) is 0. The molecule has 0 aromatic carbocycles. The average Bonchev–Trinajstić information content (AvgIpc) is 2.92. The third kappa shape index (κ3) is 7.78. The summed E-state index contributed by atoms with van der Waals surface area (Å²) < 4.78 is 27.2. The van der Waals surface area contributed by atoms with Gasteiger partial charge in [0, 0.05) is 25.3 Å². The number of unbranched alkanes of at least 4 members (excludes halogenated alkanes) is 5. The minimum atomic E-state index is -1.64. The Morgan fingerprint density at radius 1 is 1.17 bits per heavy atom. The molecule has 0 aliphatic carbocycles. The average molecular weight is 414 g/mol. The van der Waals surface area contributed by atoms with E-state index in [0.717, 1.165) is 19.3 Å². The van der Waals surface area contributed by atoms with Crippen molar-refractivity contribution in [2.75, 3.05) is 13.7 Å². The van der Waals surface area contributed by atoms with Crippen LogP contribution in [0.4, 0.5) is 0 Å². The Kier molecular flexibility index (Phi) is 10.3. The first kappa shape index (κ1) is 25.1. The number of hydrogen-bond acceptors (Lipinski definition) is 8. The van der Waals surface area contributed by atoms with Gasteiger partial charge in [-0.15, -0.1) is 0 Å². The molecule has 1 aliphatic heterocycles. The predicted octanol–water partition coefficient (Wildman–Crippen LogP) is 3.42. The second kappa shape index (κ2) is 11.9. The quantitative estimate of drug-likeness (QED) is 0.140. The van der Waals surface area contributed by atoms with Crippen LogP contribution in [0.5, 0.6) is 0 Å². The summed E-state index contributed by atoms with van der Waals surface area (Å²) in [4.78, 5) is 34.4. The fourth-order valence-corrected chi connectivity index (χ4v) is 3.50. The number of esters is 2. The van der Waals surface area contributed by atoms with Crippen LogP contribution in [0.15, 0.2) is 12.2 Å². The van der Waals surface area contributed by atoms with Crippen LogP contribution >= 0.6 is 0 Å². The molecule has 8 nitrogen and oxygen atoms in total. The molecule has 0 radical (unpaired) electrons. The molecule has 0 amide bonds. The largest absolute Gasteiger partial charge is 0.466 e. The van der Waals surface area contributed by atoms with Gasteiger partial charge in [-0.25, -0.2) is 4.79 Å². The van der Waals surface area contributed by atoms with Gasteiger partial charge in [0.1, 0.15) is 6.61 Å². The van der Waals surface area contributed by atoms with Gasteiger partial charge in [0.05, 0.1) is 7.11 Å². The first-order chi connectivity index (χ1) is 13.7. The van der Waals surface area contributed by atoms with Crippen molar-refractivity contribution in [3.63, 3.8) is 0 Å². The number of carbonyl (C=O) groups is 3. The van der Waals surface area contributed by atoms with Crippen LogP contribution < -0.4 is 0 Å². The highest BCUT2D eigenvalue weighted by Gasteiger charge is 2.58. The van der Waals surface area contributed by atoms with E-state index in [9.17, 15) is 14.4 Å². The van der Waals surface area contributed by atoms with Crippen LogP contribution in [0.3, 0.4) is 0 Å². The molecule has 8 heteroatoms. The molecule has 0 saturated carbocycles. The molecule has 3 atom stereocenters. The smallest absolute Gasteiger partial charge is 0.333 e. The maximum atomic E-state index is 11.9. The van der Waals surface area contributed by atoms with Crippen molar-refractivity contribution >= 4 is 18.4 Å². The third-order valence-electron chi connectivity index (χ3n) is 4.82. The highest BCUT2D eigenvalue weighted by molar-refractivity contribution is 5.87. The van der Waals surface area contributed by atoms with Gasteiger partial charge in [0.2, 0.25) is 5.79 Å². The summed E-state index contributed by atoms with van der Waals surface area (Å²) >= 11 is 0. The summed E-state index contributed by atoms with van der Waals surface area (Å²) in [5.41, 5.74) is 0.0530. The fraction of sp³-hybridized carbons (Fsp3) is 0.762. The molecular formula is C21H34O8. The Balaban J connectivity index is 2.95. The molecule has 1 fully saturated rings. The SMILES string of the molecule is C=C(CC1(OC(C)=O)OC(C)(CCCCCCCC)OC1COC=O)C(=O)OC. The summed E-state index contributed by atoms with van der Waals surface area (Å²) in [6.07, 6.45) is 6.04. The van der Waals surface area contributed by atoms with Crippen molar-refractivity contribution < 1.29 is 38.1 Å². The summed E-state index contributed by atoms with van der Waals surface area (Å²) in [6, 6.07) is 0. The normalized spacial score (nSPS) is 26.0.